The van der Waals surface area contributed by atoms with Gasteiger partial charge in [0.2, 0.25) is 0 Å². The van der Waals surface area contributed by atoms with Crippen LogP contribution in [0.4, 0.5) is 5.69 Å². The van der Waals surface area contributed by atoms with Crippen molar-refractivity contribution < 1.29 is 4.79 Å². The molecule has 0 spiro atoms. The van der Waals surface area contributed by atoms with Crippen LogP contribution in [0.15, 0.2) is 53.0 Å². The number of carbonyl (C=O) groups is 1. The van der Waals surface area contributed by atoms with E-state index in [1.165, 1.54) is 5.56 Å². The van der Waals surface area contributed by atoms with Crippen molar-refractivity contribution in [3.63, 3.8) is 0 Å². The Hall–Kier alpha value is -1.81. The van der Waals surface area contributed by atoms with Crippen molar-refractivity contribution in [3.8, 4) is 0 Å². The summed E-state index contributed by atoms with van der Waals surface area (Å²) >= 11 is 3.51. The molecule has 2 aromatic rings. The normalized spacial score (nSPS) is 11.8. The highest BCUT2D eigenvalue weighted by molar-refractivity contribution is 9.10. The van der Waals surface area contributed by atoms with Crippen LogP contribution >= 0.6 is 15.9 Å². The molecule has 0 aliphatic rings. The summed E-state index contributed by atoms with van der Waals surface area (Å²) in [5.74, 6) is -0.0689. The zero-order chi connectivity index (χ0) is 15.2. The van der Waals surface area contributed by atoms with Gasteiger partial charge in [-0.2, -0.15) is 0 Å². The largest absolute Gasteiger partial charge is 0.378 e. The molecule has 4 heteroatoms. The number of rotatable bonds is 5. The average molecular weight is 347 g/mol. The highest BCUT2D eigenvalue weighted by Crippen LogP contribution is 2.25. The molecule has 3 nitrogen and oxygen atoms in total. The van der Waals surface area contributed by atoms with E-state index in [9.17, 15) is 4.79 Å². The molecule has 110 valence electrons. The highest BCUT2D eigenvalue weighted by atomic mass is 79.9. The van der Waals surface area contributed by atoms with Crippen LogP contribution < -0.4 is 10.6 Å². The summed E-state index contributed by atoms with van der Waals surface area (Å²) in [6.45, 7) is 2.15. The Kier molecular flexibility index (Phi) is 5.39. The Morgan fingerprint density at radius 2 is 1.90 bits per heavy atom. The summed E-state index contributed by atoms with van der Waals surface area (Å²) in [6.07, 6.45) is 0.980. The lowest BCUT2D eigenvalue weighted by Gasteiger charge is -2.19. The molecule has 0 fully saturated rings. The number of hydrogen-bond acceptors (Lipinski definition) is 2. The zero-order valence-corrected chi connectivity index (χ0v) is 13.8. The minimum atomic E-state index is -0.0689. The second kappa shape index (κ2) is 7.27. The van der Waals surface area contributed by atoms with E-state index in [1.807, 2.05) is 36.4 Å². The predicted octanol–water partition coefficient (Wildman–Crippen LogP) is 4.37. The summed E-state index contributed by atoms with van der Waals surface area (Å²) < 4.78 is 1.08. The van der Waals surface area contributed by atoms with E-state index in [-0.39, 0.29) is 11.9 Å². The quantitative estimate of drug-likeness (QED) is 0.843. The summed E-state index contributed by atoms with van der Waals surface area (Å²) in [7, 11) is 1.63. The number of nitrogens with one attached hydrogen (secondary N) is 2. The molecule has 0 bridgehead atoms. The number of carbonyl (C=O) groups excluding carboxylic acids is 1. The van der Waals surface area contributed by atoms with E-state index in [0.717, 1.165) is 16.6 Å². The van der Waals surface area contributed by atoms with Gasteiger partial charge in [-0.05, 0) is 48.4 Å². The molecule has 1 amide bonds. The van der Waals surface area contributed by atoms with Crippen molar-refractivity contribution in [3.05, 3.63) is 64.1 Å². The number of benzene rings is 2. The molecular formula is C17H19BrN2O. The molecule has 0 saturated carbocycles. The van der Waals surface area contributed by atoms with Gasteiger partial charge in [0.15, 0.2) is 0 Å². The van der Waals surface area contributed by atoms with Crippen LogP contribution in [0.2, 0.25) is 0 Å². The summed E-state index contributed by atoms with van der Waals surface area (Å²) in [6, 6.07) is 16.1. The van der Waals surface area contributed by atoms with Crippen LogP contribution in [0.5, 0.6) is 0 Å². The molecule has 2 aromatic carbocycles. The van der Waals surface area contributed by atoms with Gasteiger partial charge in [0.1, 0.15) is 0 Å². The van der Waals surface area contributed by atoms with Crippen molar-refractivity contribution >= 4 is 27.5 Å². The molecule has 0 radical (unpaired) electrons. The van der Waals surface area contributed by atoms with Gasteiger partial charge in [0, 0.05) is 22.8 Å². The highest BCUT2D eigenvalue weighted by Gasteiger charge is 2.10. The predicted molar refractivity (Wildman–Crippen MR) is 90.6 cm³/mol. The van der Waals surface area contributed by atoms with Gasteiger partial charge >= 0.3 is 0 Å². The summed E-state index contributed by atoms with van der Waals surface area (Å²) in [5, 5.41) is 6.12. The third-order valence-corrected chi connectivity index (χ3v) is 3.87. The maximum Gasteiger partial charge on any atom is 0.251 e. The second-order valence-electron chi connectivity index (χ2n) is 4.82. The molecule has 0 aliphatic carbocycles. The molecule has 0 aromatic heterocycles. The first-order valence-electron chi connectivity index (χ1n) is 6.98. The zero-order valence-electron chi connectivity index (χ0n) is 12.2. The van der Waals surface area contributed by atoms with Crippen LogP contribution in [-0.4, -0.2) is 13.0 Å². The minimum absolute atomic E-state index is 0.0689. The monoisotopic (exact) mass is 346 g/mol. The lowest BCUT2D eigenvalue weighted by Crippen LogP contribution is -2.17. The Balaban J connectivity index is 2.13. The van der Waals surface area contributed by atoms with Crippen molar-refractivity contribution in [2.24, 2.45) is 0 Å². The molecule has 2 rings (SSSR count). The van der Waals surface area contributed by atoms with Crippen LogP contribution in [0.3, 0.4) is 0 Å². The van der Waals surface area contributed by atoms with Crippen molar-refractivity contribution in [1.29, 1.82) is 0 Å². The van der Waals surface area contributed by atoms with E-state index in [2.05, 4.69) is 45.6 Å². The summed E-state index contributed by atoms with van der Waals surface area (Å²) in [5.41, 5.74) is 2.91. The van der Waals surface area contributed by atoms with Crippen LogP contribution in [0.1, 0.15) is 35.3 Å². The first-order valence-corrected chi connectivity index (χ1v) is 7.77. The van der Waals surface area contributed by atoms with Gasteiger partial charge < -0.3 is 10.6 Å². The van der Waals surface area contributed by atoms with Crippen LogP contribution in [-0.2, 0) is 0 Å². The fourth-order valence-electron chi connectivity index (χ4n) is 2.21. The number of anilines is 1. The first-order chi connectivity index (χ1) is 10.1. The van der Waals surface area contributed by atoms with Crippen LogP contribution in [0.25, 0.3) is 0 Å². The van der Waals surface area contributed by atoms with Gasteiger partial charge in [-0.15, -0.1) is 0 Å². The van der Waals surface area contributed by atoms with Crippen molar-refractivity contribution in [2.45, 2.75) is 19.4 Å². The Bertz CT molecular complexity index is 610. The third-order valence-electron chi connectivity index (χ3n) is 3.37. The van der Waals surface area contributed by atoms with Gasteiger partial charge in [0.25, 0.3) is 5.91 Å². The molecule has 0 aliphatic heterocycles. The molecular weight excluding hydrogens is 328 g/mol. The Morgan fingerprint density at radius 3 is 2.48 bits per heavy atom. The van der Waals surface area contributed by atoms with E-state index in [4.69, 9.17) is 0 Å². The van der Waals surface area contributed by atoms with E-state index < -0.39 is 0 Å². The fourth-order valence-corrected chi connectivity index (χ4v) is 2.62. The smallest absolute Gasteiger partial charge is 0.251 e. The molecule has 1 unspecified atom stereocenters. The molecule has 0 heterocycles. The van der Waals surface area contributed by atoms with Gasteiger partial charge in [-0.25, -0.2) is 0 Å². The first kappa shape index (κ1) is 15.6. The summed E-state index contributed by atoms with van der Waals surface area (Å²) in [4.78, 5) is 11.5. The number of amides is 1. The van der Waals surface area contributed by atoms with Gasteiger partial charge in [0.05, 0.1) is 6.04 Å². The SMILES string of the molecule is CCC(Nc1ccc(C(=O)NC)cc1)c1cccc(Br)c1. The van der Waals surface area contributed by atoms with Crippen molar-refractivity contribution in [1.82, 2.24) is 5.32 Å². The minimum Gasteiger partial charge on any atom is -0.378 e. The van der Waals surface area contributed by atoms with Crippen molar-refractivity contribution in [2.75, 3.05) is 12.4 Å². The second-order valence-corrected chi connectivity index (χ2v) is 5.73. The molecule has 0 saturated heterocycles. The topological polar surface area (TPSA) is 41.1 Å². The molecule has 21 heavy (non-hydrogen) atoms. The van der Waals surface area contributed by atoms with Crippen LogP contribution in [0, 0.1) is 0 Å². The van der Waals surface area contributed by atoms with E-state index in [1.54, 1.807) is 7.05 Å². The van der Waals surface area contributed by atoms with Gasteiger partial charge in [-0.3, -0.25) is 4.79 Å². The standard InChI is InChI=1S/C17H19BrN2O/c1-3-16(13-5-4-6-14(18)11-13)20-15-9-7-12(8-10-15)17(21)19-2/h4-11,16,20H,3H2,1-2H3,(H,19,21). The Labute approximate surface area is 133 Å². The number of halogens is 1. The maximum absolute atomic E-state index is 11.5. The fraction of sp³-hybridized carbons (Fsp3) is 0.235. The third kappa shape index (κ3) is 4.08. The lowest BCUT2D eigenvalue weighted by atomic mass is 10.0. The Morgan fingerprint density at radius 1 is 1.19 bits per heavy atom. The average Bonchev–Trinajstić information content (AvgIpc) is 2.52. The molecule has 2 N–H and O–H groups in total. The van der Waals surface area contributed by atoms with Gasteiger partial charge in [-0.1, -0.05) is 35.0 Å². The van der Waals surface area contributed by atoms with E-state index >= 15 is 0 Å². The number of hydrogen-bond donors (Lipinski definition) is 2. The maximum atomic E-state index is 11.5. The van der Waals surface area contributed by atoms with E-state index in [0.29, 0.717) is 5.56 Å². The lowest BCUT2D eigenvalue weighted by molar-refractivity contribution is 0.0963. The molecule has 1 atom stereocenters.